The molecule has 0 aromatic carbocycles. The first kappa shape index (κ1) is 14.3. The Bertz CT molecular complexity index is 479. The number of carbonyl (C=O) groups is 1. The molecule has 0 spiro atoms. The van der Waals surface area contributed by atoms with Crippen LogP contribution in [0.15, 0.2) is 0 Å². The number of fused-ring (bicyclic) bond motifs is 1. The second kappa shape index (κ2) is 5.61. The van der Waals surface area contributed by atoms with Gasteiger partial charge in [0.25, 0.3) is 0 Å². The molecule has 3 fully saturated rings. The van der Waals surface area contributed by atoms with Crippen molar-refractivity contribution in [2.45, 2.75) is 31.3 Å². The fourth-order valence-corrected chi connectivity index (χ4v) is 5.40. The molecule has 3 saturated heterocycles. The van der Waals surface area contributed by atoms with Gasteiger partial charge in [-0.25, -0.2) is 8.42 Å². The lowest BCUT2D eigenvalue weighted by Crippen LogP contribution is -2.50. The Morgan fingerprint density at radius 3 is 2.90 bits per heavy atom. The highest BCUT2D eigenvalue weighted by atomic mass is 32.2. The van der Waals surface area contributed by atoms with Crippen LogP contribution in [0.3, 0.4) is 0 Å². The first-order valence-electron chi connectivity index (χ1n) is 7.48. The Morgan fingerprint density at radius 2 is 2.15 bits per heavy atom. The third-order valence-corrected chi connectivity index (χ3v) is 6.51. The van der Waals surface area contributed by atoms with Crippen molar-refractivity contribution in [1.82, 2.24) is 15.5 Å². The average Bonchev–Trinajstić information content (AvgIpc) is 2.96. The summed E-state index contributed by atoms with van der Waals surface area (Å²) in [5.74, 6) is 0.950. The van der Waals surface area contributed by atoms with Gasteiger partial charge in [-0.15, -0.1) is 0 Å². The van der Waals surface area contributed by atoms with Gasteiger partial charge in [-0.05, 0) is 38.3 Å². The van der Waals surface area contributed by atoms with E-state index in [1.807, 2.05) is 0 Å². The smallest absolute Gasteiger partial charge is 0.234 e. The molecule has 0 aliphatic carbocycles. The van der Waals surface area contributed by atoms with Crippen LogP contribution in [0.5, 0.6) is 0 Å². The number of carbonyl (C=O) groups excluding carboxylic acids is 1. The Hall–Kier alpha value is -0.660. The van der Waals surface area contributed by atoms with E-state index in [9.17, 15) is 13.2 Å². The molecule has 3 aliphatic heterocycles. The van der Waals surface area contributed by atoms with Crippen LogP contribution in [0, 0.1) is 5.92 Å². The maximum absolute atomic E-state index is 12.1. The van der Waals surface area contributed by atoms with Crippen LogP contribution in [0.25, 0.3) is 0 Å². The van der Waals surface area contributed by atoms with Gasteiger partial charge in [0.2, 0.25) is 5.91 Å². The number of nitrogens with one attached hydrogen (secondary N) is 2. The van der Waals surface area contributed by atoms with Gasteiger partial charge in [-0.2, -0.15) is 0 Å². The van der Waals surface area contributed by atoms with Crippen molar-refractivity contribution in [1.29, 1.82) is 0 Å². The van der Waals surface area contributed by atoms with Gasteiger partial charge in [0, 0.05) is 18.6 Å². The molecule has 3 unspecified atom stereocenters. The highest BCUT2D eigenvalue weighted by molar-refractivity contribution is 7.91. The van der Waals surface area contributed by atoms with Gasteiger partial charge in [0.05, 0.1) is 18.1 Å². The molecule has 0 bridgehead atoms. The Morgan fingerprint density at radius 1 is 1.30 bits per heavy atom. The summed E-state index contributed by atoms with van der Waals surface area (Å²) < 4.78 is 22.8. The minimum absolute atomic E-state index is 0.0281. The number of nitrogens with zero attached hydrogens (tertiary/aromatic N) is 1. The largest absolute Gasteiger partial charge is 0.351 e. The monoisotopic (exact) mass is 301 g/mol. The van der Waals surface area contributed by atoms with Crippen molar-refractivity contribution in [3.63, 3.8) is 0 Å². The van der Waals surface area contributed by atoms with E-state index in [4.69, 9.17) is 0 Å². The number of amides is 1. The van der Waals surface area contributed by atoms with E-state index < -0.39 is 9.84 Å². The molecule has 20 heavy (non-hydrogen) atoms. The first-order chi connectivity index (χ1) is 9.53. The van der Waals surface area contributed by atoms with E-state index in [-0.39, 0.29) is 23.5 Å². The molecule has 0 saturated carbocycles. The molecule has 0 aromatic rings. The van der Waals surface area contributed by atoms with Gasteiger partial charge in [-0.1, -0.05) is 0 Å². The number of rotatable bonds is 3. The zero-order valence-electron chi connectivity index (χ0n) is 11.7. The summed E-state index contributed by atoms with van der Waals surface area (Å²) in [6, 6.07) is 0.289. The van der Waals surface area contributed by atoms with Crippen LogP contribution in [-0.4, -0.2) is 69.0 Å². The van der Waals surface area contributed by atoms with Gasteiger partial charge in [-0.3, -0.25) is 9.69 Å². The summed E-state index contributed by atoms with van der Waals surface area (Å²) in [4.78, 5) is 14.4. The van der Waals surface area contributed by atoms with E-state index >= 15 is 0 Å². The topological polar surface area (TPSA) is 78.5 Å². The number of sulfone groups is 1. The molecular formula is C13H23N3O3S. The van der Waals surface area contributed by atoms with Crippen LogP contribution < -0.4 is 10.6 Å². The number of hydrogen-bond donors (Lipinski definition) is 2. The van der Waals surface area contributed by atoms with Gasteiger partial charge < -0.3 is 10.6 Å². The van der Waals surface area contributed by atoms with E-state index in [1.165, 1.54) is 6.42 Å². The van der Waals surface area contributed by atoms with Crippen molar-refractivity contribution < 1.29 is 13.2 Å². The maximum atomic E-state index is 12.1. The molecule has 6 nitrogen and oxygen atoms in total. The number of hydrogen-bond acceptors (Lipinski definition) is 5. The second-order valence-electron chi connectivity index (χ2n) is 6.27. The minimum Gasteiger partial charge on any atom is -0.351 e. The summed E-state index contributed by atoms with van der Waals surface area (Å²) in [6.45, 7) is 3.40. The summed E-state index contributed by atoms with van der Waals surface area (Å²) in [7, 11) is -2.93. The molecule has 3 heterocycles. The number of piperidine rings is 1. The lowest BCUT2D eigenvalue weighted by molar-refractivity contribution is -0.123. The molecule has 3 rings (SSSR count). The summed E-state index contributed by atoms with van der Waals surface area (Å²) >= 11 is 0. The van der Waals surface area contributed by atoms with Crippen molar-refractivity contribution in [2.24, 2.45) is 5.92 Å². The number of likely N-dealkylation sites (tertiary alicyclic amines) is 1. The quantitative estimate of drug-likeness (QED) is 0.697. The van der Waals surface area contributed by atoms with E-state index in [0.29, 0.717) is 24.9 Å². The minimum atomic E-state index is -2.93. The van der Waals surface area contributed by atoms with E-state index in [0.717, 1.165) is 26.1 Å². The normalized spacial score (nSPS) is 36.7. The van der Waals surface area contributed by atoms with Crippen LogP contribution in [0.1, 0.15) is 19.3 Å². The SMILES string of the molecule is O=C(CN1CCCC2CNCC21)NC1CCS(=O)(=O)C1. The molecule has 7 heteroatoms. The predicted octanol–water partition coefficient (Wildman–Crippen LogP) is -1.03. The average molecular weight is 301 g/mol. The highest BCUT2D eigenvalue weighted by Crippen LogP contribution is 2.26. The molecular weight excluding hydrogens is 278 g/mol. The molecule has 3 aliphatic rings. The summed E-state index contributed by atoms with van der Waals surface area (Å²) in [5.41, 5.74) is 0. The first-order valence-corrected chi connectivity index (χ1v) is 9.30. The van der Waals surface area contributed by atoms with Crippen LogP contribution in [0.4, 0.5) is 0 Å². The van der Waals surface area contributed by atoms with Crippen molar-refractivity contribution >= 4 is 15.7 Å². The summed E-state index contributed by atoms with van der Waals surface area (Å²) in [6.07, 6.45) is 2.95. The lowest BCUT2D eigenvalue weighted by atomic mass is 9.92. The molecule has 3 atom stereocenters. The maximum Gasteiger partial charge on any atom is 0.234 e. The molecule has 0 radical (unpaired) electrons. The van der Waals surface area contributed by atoms with Crippen molar-refractivity contribution in [3.05, 3.63) is 0 Å². The van der Waals surface area contributed by atoms with Gasteiger partial charge >= 0.3 is 0 Å². The van der Waals surface area contributed by atoms with Crippen LogP contribution in [0.2, 0.25) is 0 Å². The fourth-order valence-electron chi connectivity index (χ4n) is 3.73. The Labute approximate surface area is 120 Å². The lowest BCUT2D eigenvalue weighted by Gasteiger charge is -2.36. The fraction of sp³-hybridized carbons (Fsp3) is 0.923. The molecule has 0 aromatic heterocycles. The molecule has 2 N–H and O–H groups in total. The second-order valence-corrected chi connectivity index (χ2v) is 8.49. The van der Waals surface area contributed by atoms with Crippen molar-refractivity contribution in [3.8, 4) is 0 Å². The van der Waals surface area contributed by atoms with Crippen LogP contribution >= 0.6 is 0 Å². The third kappa shape index (κ3) is 3.15. The predicted molar refractivity (Wildman–Crippen MR) is 76.2 cm³/mol. The third-order valence-electron chi connectivity index (χ3n) is 4.74. The zero-order valence-corrected chi connectivity index (χ0v) is 12.5. The Kier molecular flexibility index (Phi) is 4.01. The molecule has 1 amide bonds. The van der Waals surface area contributed by atoms with Crippen molar-refractivity contribution in [2.75, 3.05) is 37.7 Å². The van der Waals surface area contributed by atoms with Gasteiger partial charge in [0.15, 0.2) is 9.84 Å². The van der Waals surface area contributed by atoms with Crippen LogP contribution in [-0.2, 0) is 14.6 Å². The Balaban J connectivity index is 1.51. The van der Waals surface area contributed by atoms with E-state index in [1.54, 1.807) is 0 Å². The standard InChI is InChI=1S/C13H23N3O3S/c17-13(15-11-3-5-20(18,19)9-11)8-16-4-1-2-10-6-14-7-12(10)16/h10-12,14H,1-9H2,(H,15,17). The zero-order chi connectivity index (χ0) is 14.2. The highest BCUT2D eigenvalue weighted by Gasteiger charge is 2.36. The summed E-state index contributed by atoms with van der Waals surface area (Å²) in [5, 5.41) is 6.28. The van der Waals surface area contributed by atoms with Gasteiger partial charge in [0.1, 0.15) is 0 Å². The molecule has 114 valence electrons. The van der Waals surface area contributed by atoms with E-state index in [2.05, 4.69) is 15.5 Å².